The van der Waals surface area contributed by atoms with Gasteiger partial charge in [-0.2, -0.15) is 0 Å². The average Bonchev–Trinajstić information content (AvgIpc) is 3.05. The Labute approximate surface area is 159 Å². The molecule has 0 bridgehead atoms. The summed E-state index contributed by atoms with van der Waals surface area (Å²) in [5.41, 5.74) is 4.48. The molecular weight excluding hydrogens is 344 g/mol. The van der Waals surface area contributed by atoms with E-state index < -0.39 is 0 Å². The molecule has 0 spiro atoms. The summed E-state index contributed by atoms with van der Waals surface area (Å²) in [6.45, 7) is 1.99. The topological polar surface area (TPSA) is 49.4 Å². The molecule has 0 saturated carbocycles. The van der Waals surface area contributed by atoms with Gasteiger partial charge in [0.05, 0.1) is 17.5 Å². The minimum atomic E-state index is -0.0812. The molecule has 0 radical (unpaired) electrons. The predicted molar refractivity (Wildman–Crippen MR) is 107 cm³/mol. The average molecular weight is 369 g/mol. The van der Waals surface area contributed by atoms with E-state index in [-0.39, 0.29) is 23.6 Å². The van der Waals surface area contributed by atoms with Gasteiger partial charge in [-0.05, 0) is 48.6 Å². The van der Waals surface area contributed by atoms with E-state index in [4.69, 9.17) is 0 Å². The second kappa shape index (κ2) is 8.41. The largest absolute Gasteiger partial charge is 0.338 e. The Morgan fingerprint density at radius 2 is 1.96 bits per heavy atom. The summed E-state index contributed by atoms with van der Waals surface area (Å²) in [6.07, 6.45) is 1.99. The Hall–Kier alpha value is -2.27. The number of amides is 2. The highest BCUT2D eigenvalue weighted by molar-refractivity contribution is 8.00. The molecule has 0 saturated heterocycles. The van der Waals surface area contributed by atoms with Crippen LogP contribution in [0.4, 0.5) is 5.69 Å². The second-order valence-electron chi connectivity index (χ2n) is 6.67. The highest BCUT2D eigenvalue weighted by atomic mass is 32.2. The number of thioether (sulfide) groups is 1. The molecule has 0 heterocycles. The van der Waals surface area contributed by atoms with E-state index >= 15 is 0 Å². The zero-order chi connectivity index (χ0) is 18.5. The van der Waals surface area contributed by atoms with E-state index in [1.807, 2.05) is 55.3 Å². The van der Waals surface area contributed by atoms with Crippen LogP contribution in [0.3, 0.4) is 0 Å². The molecule has 5 heteroatoms. The maximum atomic E-state index is 12.5. The van der Waals surface area contributed by atoms with Crippen molar-refractivity contribution in [3.63, 3.8) is 0 Å². The minimum Gasteiger partial charge on any atom is -0.338 e. The quantitative estimate of drug-likeness (QED) is 0.843. The van der Waals surface area contributed by atoms with E-state index in [2.05, 4.69) is 17.4 Å². The van der Waals surface area contributed by atoms with E-state index in [1.54, 1.807) is 0 Å². The molecular formula is C21H24N2O2S. The number of carbonyl (C=O) groups is 2. The van der Waals surface area contributed by atoms with Crippen molar-refractivity contribution in [3.8, 4) is 0 Å². The Bertz CT molecular complexity index is 806. The Morgan fingerprint density at radius 3 is 2.77 bits per heavy atom. The van der Waals surface area contributed by atoms with Gasteiger partial charge in [-0.1, -0.05) is 36.4 Å². The fourth-order valence-electron chi connectivity index (χ4n) is 3.36. The monoisotopic (exact) mass is 368 g/mol. The number of fused-ring (bicyclic) bond motifs is 1. The first-order valence-corrected chi connectivity index (χ1v) is 9.98. The minimum absolute atomic E-state index is 0.0695. The summed E-state index contributed by atoms with van der Waals surface area (Å²) in [4.78, 5) is 26.4. The van der Waals surface area contributed by atoms with E-state index in [1.165, 1.54) is 22.9 Å². The third-order valence-electron chi connectivity index (χ3n) is 4.72. The molecule has 2 amide bonds. The number of anilines is 1. The number of aryl methyl sites for hydroxylation is 2. The fraction of sp³-hybridized carbons (Fsp3) is 0.333. The molecule has 1 aliphatic carbocycles. The van der Waals surface area contributed by atoms with Crippen LogP contribution in [-0.2, 0) is 16.0 Å². The van der Waals surface area contributed by atoms with Crippen molar-refractivity contribution in [3.05, 3.63) is 65.2 Å². The van der Waals surface area contributed by atoms with Crippen LogP contribution in [0.25, 0.3) is 0 Å². The Kier molecular flexibility index (Phi) is 5.99. The normalized spacial score (nSPS) is 15.4. The maximum Gasteiger partial charge on any atom is 0.234 e. The lowest BCUT2D eigenvalue weighted by Gasteiger charge is -2.25. The highest BCUT2D eigenvalue weighted by Gasteiger charge is 2.28. The highest BCUT2D eigenvalue weighted by Crippen LogP contribution is 2.34. The van der Waals surface area contributed by atoms with Crippen molar-refractivity contribution in [2.24, 2.45) is 0 Å². The molecule has 0 aliphatic heterocycles. The lowest BCUT2D eigenvalue weighted by molar-refractivity contribution is -0.129. The molecule has 4 nitrogen and oxygen atoms in total. The van der Waals surface area contributed by atoms with Gasteiger partial charge < -0.3 is 10.2 Å². The van der Waals surface area contributed by atoms with Gasteiger partial charge in [0.1, 0.15) is 0 Å². The van der Waals surface area contributed by atoms with Crippen molar-refractivity contribution in [2.45, 2.75) is 25.8 Å². The van der Waals surface area contributed by atoms with Gasteiger partial charge >= 0.3 is 0 Å². The first-order valence-electron chi connectivity index (χ1n) is 8.82. The van der Waals surface area contributed by atoms with Crippen LogP contribution < -0.4 is 5.32 Å². The summed E-state index contributed by atoms with van der Waals surface area (Å²) in [7, 11) is 1.86. The van der Waals surface area contributed by atoms with E-state index in [9.17, 15) is 9.59 Å². The summed E-state index contributed by atoms with van der Waals surface area (Å²) in [5.74, 6) is 0.577. The predicted octanol–water partition coefficient (Wildman–Crippen LogP) is 3.81. The second-order valence-corrected chi connectivity index (χ2v) is 7.65. The van der Waals surface area contributed by atoms with Gasteiger partial charge in [-0.25, -0.2) is 0 Å². The van der Waals surface area contributed by atoms with Crippen molar-refractivity contribution in [1.29, 1.82) is 0 Å². The van der Waals surface area contributed by atoms with Gasteiger partial charge in [0.25, 0.3) is 0 Å². The van der Waals surface area contributed by atoms with Crippen LogP contribution in [-0.4, -0.2) is 35.3 Å². The number of benzene rings is 2. The molecule has 0 fully saturated rings. The number of nitrogens with one attached hydrogen (secondary N) is 1. The summed E-state index contributed by atoms with van der Waals surface area (Å²) in [6, 6.07) is 16.2. The molecule has 0 aromatic heterocycles. The first-order chi connectivity index (χ1) is 12.5. The van der Waals surface area contributed by atoms with Crippen LogP contribution in [0.2, 0.25) is 0 Å². The number of hydrogen-bond donors (Lipinski definition) is 1. The van der Waals surface area contributed by atoms with Crippen molar-refractivity contribution >= 4 is 29.3 Å². The van der Waals surface area contributed by atoms with Crippen molar-refractivity contribution < 1.29 is 9.59 Å². The van der Waals surface area contributed by atoms with Crippen LogP contribution >= 0.6 is 11.8 Å². The SMILES string of the molecule is Cc1cccc(NC(=O)CSCC(=O)N(C)[C@H]2CCc3ccccc32)c1. The van der Waals surface area contributed by atoms with Gasteiger partial charge in [0, 0.05) is 12.7 Å². The third-order valence-corrected chi connectivity index (χ3v) is 5.64. The Balaban J connectivity index is 1.46. The van der Waals surface area contributed by atoms with Crippen molar-refractivity contribution in [1.82, 2.24) is 4.90 Å². The van der Waals surface area contributed by atoms with Gasteiger partial charge in [-0.3, -0.25) is 9.59 Å². The zero-order valence-corrected chi connectivity index (χ0v) is 16.0. The molecule has 2 aromatic rings. The van der Waals surface area contributed by atoms with Gasteiger partial charge in [0.2, 0.25) is 11.8 Å². The molecule has 1 aliphatic rings. The standard InChI is InChI=1S/C21H24N2O2S/c1-15-6-5-8-17(12-15)22-20(24)13-26-14-21(25)23(2)19-11-10-16-7-3-4-9-18(16)19/h3-9,12,19H,10-11,13-14H2,1-2H3,(H,22,24)/t19-/m0/s1. The molecule has 26 heavy (non-hydrogen) atoms. The lowest BCUT2D eigenvalue weighted by Crippen LogP contribution is -2.32. The number of rotatable bonds is 6. The van der Waals surface area contributed by atoms with Crippen molar-refractivity contribution in [2.75, 3.05) is 23.9 Å². The van der Waals surface area contributed by atoms with Crippen LogP contribution in [0, 0.1) is 6.92 Å². The fourth-order valence-corrected chi connectivity index (χ4v) is 4.10. The van der Waals surface area contributed by atoms with Crippen LogP contribution in [0.1, 0.15) is 29.2 Å². The molecule has 1 N–H and O–H groups in total. The molecule has 0 unspecified atom stereocenters. The summed E-state index contributed by atoms with van der Waals surface area (Å²) >= 11 is 1.36. The zero-order valence-electron chi connectivity index (χ0n) is 15.2. The summed E-state index contributed by atoms with van der Waals surface area (Å²) in [5, 5.41) is 2.87. The Morgan fingerprint density at radius 1 is 1.15 bits per heavy atom. The molecule has 3 rings (SSSR count). The number of nitrogens with zero attached hydrogens (tertiary/aromatic N) is 1. The lowest BCUT2D eigenvalue weighted by atomic mass is 10.1. The van der Waals surface area contributed by atoms with Gasteiger partial charge in [0.15, 0.2) is 0 Å². The van der Waals surface area contributed by atoms with E-state index in [0.717, 1.165) is 24.1 Å². The molecule has 1 atom stereocenters. The molecule has 2 aromatic carbocycles. The third kappa shape index (κ3) is 4.47. The van der Waals surface area contributed by atoms with Gasteiger partial charge in [-0.15, -0.1) is 11.8 Å². The number of carbonyl (C=O) groups excluding carboxylic acids is 2. The van der Waals surface area contributed by atoms with E-state index in [0.29, 0.717) is 5.75 Å². The number of hydrogen-bond acceptors (Lipinski definition) is 3. The smallest absolute Gasteiger partial charge is 0.234 e. The van der Waals surface area contributed by atoms with Crippen LogP contribution in [0.15, 0.2) is 48.5 Å². The first kappa shape index (κ1) is 18.5. The molecule has 136 valence electrons. The summed E-state index contributed by atoms with van der Waals surface area (Å²) < 4.78 is 0. The maximum absolute atomic E-state index is 12.5. The van der Waals surface area contributed by atoms with Crippen LogP contribution in [0.5, 0.6) is 0 Å².